The molecule has 0 spiro atoms. The second kappa shape index (κ2) is 5.79. The summed E-state index contributed by atoms with van der Waals surface area (Å²) in [7, 11) is 0.175. The van der Waals surface area contributed by atoms with E-state index >= 15 is 0 Å². The monoisotopic (exact) mass is 292 g/mol. The van der Waals surface area contributed by atoms with Gasteiger partial charge in [-0.3, -0.25) is 4.79 Å². The molecule has 0 bridgehead atoms. The molecule has 3 aromatic carbocycles. The molecule has 1 nitrogen and oxygen atoms in total. The van der Waals surface area contributed by atoms with E-state index in [2.05, 4.69) is 32.0 Å². The van der Waals surface area contributed by atoms with Crippen LogP contribution in [0.4, 0.5) is 0 Å². The summed E-state index contributed by atoms with van der Waals surface area (Å²) in [6.45, 7) is 4.13. The summed E-state index contributed by atoms with van der Waals surface area (Å²) in [6.07, 6.45) is 0. The van der Waals surface area contributed by atoms with Crippen molar-refractivity contribution in [3.63, 3.8) is 0 Å². The average molecular weight is 292 g/mol. The molecular formula is C19H17OP. The van der Waals surface area contributed by atoms with Gasteiger partial charge < -0.3 is 0 Å². The zero-order chi connectivity index (χ0) is 14.8. The third-order valence-electron chi connectivity index (χ3n) is 3.68. The molecule has 0 N–H and O–H groups in total. The summed E-state index contributed by atoms with van der Waals surface area (Å²) in [5.74, 6) is 0. The van der Waals surface area contributed by atoms with E-state index in [4.69, 9.17) is 0 Å². The van der Waals surface area contributed by atoms with Crippen molar-refractivity contribution in [2.75, 3.05) is 0 Å². The van der Waals surface area contributed by atoms with E-state index in [9.17, 15) is 4.79 Å². The fourth-order valence-corrected chi connectivity index (χ4v) is 3.66. The second-order valence-electron chi connectivity index (χ2n) is 5.30. The molecule has 0 saturated carbocycles. The molecule has 0 fully saturated rings. The van der Waals surface area contributed by atoms with Gasteiger partial charge in [-0.05, 0) is 44.1 Å². The minimum Gasteiger partial charge on any atom is -0.289 e. The first-order valence-electron chi connectivity index (χ1n) is 7.01. The van der Waals surface area contributed by atoms with Crippen molar-refractivity contribution in [1.82, 2.24) is 0 Å². The summed E-state index contributed by atoms with van der Waals surface area (Å²) >= 11 is 0. The maximum absolute atomic E-state index is 12.7. The Morgan fingerprint density at radius 1 is 0.905 bits per heavy atom. The van der Waals surface area contributed by atoms with E-state index in [1.54, 1.807) is 0 Å². The SMILES string of the molecule is Cc1ccc(C)c(PC(=O)c2cccc3ccccc23)c1. The number of hydrogen-bond donors (Lipinski definition) is 0. The smallest absolute Gasteiger partial charge is 0.186 e. The van der Waals surface area contributed by atoms with Crippen molar-refractivity contribution >= 4 is 30.2 Å². The fraction of sp³-hybridized carbons (Fsp3) is 0.105. The van der Waals surface area contributed by atoms with Crippen LogP contribution in [-0.4, -0.2) is 5.52 Å². The molecular weight excluding hydrogens is 275 g/mol. The van der Waals surface area contributed by atoms with Gasteiger partial charge in [-0.15, -0.1) is 0 Å². The van der Waals surface area contributed by atoms with E-state index in [1.807, 2.05) is 42.5 Å². The highest BCUT2D eigenvalue weighted by Crippen LogP contribution is 2.26. The number of carbonyl (C=O) groups is 1. The van der Waals surface area contributed by atoms with Gasteiger partial charge in [0, 0.05) is 5.56 Å². The Hall–Kier alpha value is -1.98. The average Bonchev–Trinajstić information content (AvgIpc) is 2.50. The Morgan fingerprint density at radius 3 is 2.52 bits per heavy atom. The van der Waals surface area contributed by atoms with Gasteiger partial charge in [-0.1, -0.05) is 66.2 Å². The summed E-state index contributed by atoms with van der Waals surface area (Å²) in [5.41, 5.74) is 3.43. The second-order valence-corrected chi connectivity index (χ2v) is 6.54. The van der Waals surface area contributed by atoms with Crippen LogP contribution < -0.4 is 5.30 Å². The molecule has 3 aromatic rings. The largest absolute Gasteiger partial charge is 0.289 e. The molecule has 0 heterocycles. The van der Waals surface area contributed by atoms with Gasteiger partial charge in [0.2, 0.25) is 0 Å². The van der Waals surface area contributed by atoms with Crippen molar-refractivity contribution in [1.29, 1.82) is 0 Å². The Balaban J connectivity index is 1.99. The lowest BCUT2D eigenvalue weighted by molar-refractivity contribution is 0.108. The number of carbonyl (C=O) groups excluding carboxylic acids is 1. The van der Waals surface area contributed by atoms with Crippen LogP contribution in [0.1, 0.15) is 21.5 Å². The van der Waals surface area contributed by atoms with Crippen LogP contribution in [0.15, 0.2) is 60.7 Å². The summed E-state index contributed by atoms with van der Waals surface area (Å²) in [5, 5.41) is 3.31. The highest BCUT2D eigenvalue weighted by Gasteiger charge is 2.12. The molecule has 0 aliphatic rings. The maximum Gasteiger partial charge on any atom is 0.186 e. The van der Waals surface area contributed by atoms with Gasteiger partial charge in [-0.25, -0.2) is 0 Å². The van der Waals surface area contributed by atoms with Gasteiger partial charge in [-0.2, -0.15) is 0 Å². The van der Waals surface area contributed by atoms with Crippen LogP contribution in [0.3, 0.4) is 0 Å². The number of rotatable bonds is 3. The van der Waals surface area contributed by atoms with Crippen molar-refractivity contribution in [3.05, 3.63) is 77.4 Å². The fourth-order valence-electron chi connectivity index (χ4n) is 2.48. The molecule has 0 aliphatic heterocycles. The molecule has 0 amide bonds. The van der Waals surface area contributed by atoms with Crippen LogP contribution in [0.2, 0.25) is 0 Å². The van der Waals surface area contributed by atoms with Crippen LogP contribution >= 0.6 is 8.58 Å². The van der Waals surface area contributed by atoms with Crippen molar-refractivity contribution in [2.24, 2.45) is 0 Å². The first kappa shape index (κ1) is 14.0. The molecule has 3 rings (SSSR count). The number of fused-ring (bicyclic) bond motifs is 1. The third kappa shape index (κ3) is 2.89. The lowest BCUT2D eigenvalue weighted by atomic mass is 10.1. The maximum atomic E-state index is 12.7. The molecule has 0 saturated heterocycles. The van der Waals surface area contributed by atoms with E-state index in [0.29, 0.717) is 0 Å². The van der Waals surface area contributed by atoms with E-state index in [-0.39, 0.29) is 14.1 Å². The molecule has 0 aromatic heterocycles. The highest BCUT2D eigenvalue weighted by molar-refractivity contribution is 7.66. The molecule has 1 atom stereocenters. The summed E-state index contributed by atoms with van der Waals surface area (Å²) in [6, 6.07) is 20.3. The number of benzene rings is 3. The van der Waals surface area contributed by atoms with Gasteiger partial charge in [0.25, 0.3) is 0 Å². The zero-order valence-electron chi connectivity index (χ0n) is 12.2. The van der Waals surface area contributed by atoms with Crippen molar-refractivity contribution < 1.29 is 4.79 Å². The first-order chi connectivity index (χ1) is 10.1. The third-order valence-corrected chi connectivity index (χ3v) is 4.98. The van der Waals surface area contributed by atoms with E-state index in [0.717, 1.165) is 21.6 Å². The predicted octanol–water partition coefficient (Wildman–Crippen LogP) is 4.60. The Labute approximate surface area is 126 Å². The van der Waals surface area contributed by atoms with E-state index in [1.165, 1.54) is 11.1 Å². The molecule has 104 valence electrons. The minimum atomic E-state index is 0.175. The quantitative estimate of drug-likeness (QED) is 0.645. The highest BCUT2D eigenvalue weighted by atomic mass is 31.1. The van der Waals surface area contributed by atoms with Crippen molar-refractivity contribution in [3.8, 4) is 0 Å². The molecule has 1 unspecified atom stereocenters. The van der Waals surface area contributed by atoms with Crippen LogP contribution in [0.25, 0.3) is 10.8 Å². The van der Waals surface area contributed by atoms with Gasteiger partial charge in [0.1, 0.15) is 0 Å². The van der Waals surface area contributed by atoms with Crippen LogP contribution in [0, 0.1) is 13.8 Å². The molecule has 21 heavy (non-hydrogen) atoms. The molecule has 0 radical (unpaired) electrons. The summed E-state index contributed by atoms with van der Waals surface area (Å²) < 4.78 is 0. The van der Waals surface area contributed by atoms with Gasteiger partial charge >= 0.3 is 0 Å². The number of hydrogen-bond acceptors (Lipinski definition) is 1. The molecule has 0 aliphatic carbocycles. The van der Waals surface area contributed by atoms with Crippen LogP contribution in [0.5, 0.6) is 0 Å². The Morgan fingerprint density at radius 2 is 1.67 bits per heavy atom. The lowest BCUT2D eigenvalue weighted by Crippen LogP contribution is -2.05. The lowest BCUT2D eigenvalue weighted by Gasteiger charge is -2.09. The first-order valence-corrected chi connectivity index (χ1v) is 8.01. The normalized spacial score (nSPS) is 11.3. The Bertz CT molecular complexity index is 815. The minimum absolute atomic E-state index is 0.175. The van der Waals surface area contributed by atoms with Gasteiger partial charge in [0.15, 0.2) is 5.52 Å². The number of aryl methyl sites for hydroxylation is 2. The molecule has 2 heteroatoms. The predicted molar refractivity (Wildman–Crippen MR) is 92.1 cm³/mol. The standard InChI is InChI=1S/C19H17OP/c1-13-10-11-14(2)18(12-13)21-19(20)17-9-5-7-15-6-3-4-8-16(15)17/h3-12,21H,1-2H3. The van der Waals surface area contributed by atoms with Crippen molar-refractivity contribution in [2.45, 2.75) is 13.8 Å². The van der Waals surface area contributed by atoms with E-state index < -0.39 is 0 Å². The topological polar surface area (TPSA) is 17.1 Å². The zero-order valence-corrected chi connectivity index (χ0v) is 13.2. The Kier molecular flexibility index (Phi) is 3.86. The summed E-state index contributed by atoms with van der Waals surface area (Å²) in [4.78, 5) is 12.7. The van der Waals surface area contributed by atoms with Crippen LogP contribution in [-0.2, 0) is 0 Å². The van der Waals surface area contributed by atoms with Gasteiger partial charge in [0.05, 0.1) is 0 Å².